The van der Waals surface area contributed by atoms with Crippen LogP contribution in [0.4, 0.5) is 10.6 Å². The predicted molar refractivity (Wildman–Crippen MR) is 91.8 cm³/mol. The van der Waals surface area contributed by atoms with E-state index < -0.39 is 17.5 Å². The molecule has 1 saturated heterocycles. The monoisotopic (exact) mass is 347 g/mol. The SMILES string of the molecule is CC(C)n1nccc1NC(=O)CN1C(=O)N[C@@]2(CCCC[C@H]2C)C1=O. The number of urea groups is 1. The van der Waals surface area contributed by atoms with Gasteiger partial charge in [0, 0.05) is 12.1 Å². The predicted octanol–water partition coefficient (Wildman–Crippen LogP) is 1.90. The minimum atomic E-state index is -0.838. The quantitative estimate of drug-likeness (QED) is 0.813. The standard InChI is InChI=1S/C17H25N5O3/c1-11(2)22-13(7-9-18-22)19-14(23)10-21-15(24)17(20-16(21)25)8-5-4-6-12(17)3/h7,9,11-12H,4-6,8,10H2,1-3H3,(H,19,23)(H,20,25)/t12-,17-/m1/s1. The highest BCUT2D eigenvalue weighted by atomic mass is 16.2. The molecule has 0 aromatic carbocycles. The number of rotatable bonds is 4. The van der Waals surface area contributed by atoms with E-state index in [0.29, 0.717) is 12.2 Å². The molecule has 1 spiro atoms. The number of amides is 4. The molecule has 136 valence electrons. The fraction of sp³-hybridized carbons (Fsp3) is 0.647. The molecule has 2 N–H and O–H groups in total. The first-order chi connectivity index (χ1) is 11.8. The van der Waals surface area contributed by atoms with Crippen LogP contribution in [0.25, 0.3) is 0 Å². The number of carbonyl (C=O) groups excluding carboxylic acids is 3. The van der Waals surface area contributed by atoms with Gasteiger partial charge in [-0.3, -0.25) is 14.5 Å². The average molecular weight is 347 g/mol. The second kappa shape index (κ2) is 6.50. The average Bonchev–Trinajstić information content (AvgIpc) is 3.10. The highest BCUT2D eigenvalue weighted by Crippen LogP contribution is 2.38. The highest BCUT2D eigenvalue weighted by Gasteiger charge is 2.55. The molecule has 2 atom stereocenters. The van der Waals surface area contributed by atoms with Crippen molar-refractivity contribution >= 4 is 23.7 Å². The van der Waals surface area contributed by atoms with Gasteiger partial charge >= 0.3 is 6.03 Å². The molecule has 1 aliphatic heterocycles. The molecular formula is C17H25N5O3. The van der Waals surface area contributed by atoms with Crippen molar-refractivity contribution in [3.63, 3.8) is 0 Å². The first-order valence-electron chi connectivity index (χ1n) is 8.82. The van der Waals surface area contributed by atoms with E-state index in [4.69, 9.17) is 0 Å². The van der Waals surface area contributed by atoms with Crippen molar-refractivity contribution in [1.82, 2.24) is 20.0 Å². The molecule has 3 rings (SSSR count). The van der Waals surface area contributed by atoms with Crippen molar-refractivity contribution in [3.8, 4) is 0 Å². The topological polar surface area (TPSA) is 96.3 Å². The summed E-state index contributed by atoms with van der Waals surface area (Å²) in [5, 5.41) is 9.73. The Morgan fingerprint density at radius 3 is 2.88 bits per heavy atom. The number of imide groups is 1. The fourth-order valence-electron chi connectivity index (χ4n) is 3.79. The van der Waals surface area contributed by atoms with Crippen LogP contribution >= 0.6 is 0 Å². The van der Waals surface area contributed by atoms with E-state index >= 15 is 0 Å². The normalized spacial score (nSPS) is 26.4. The molecule has 2 fully saturated rings. The number of carbonyl (C=O) groups is 3. The Kier molecular flexibility index (Phi) is 4.53. The van der Waals surface area contributed by atoms with Crippen LogP contribution in [0.2, 0.25) is 0 Å². The van der Waals surface area contributed by atoms with Crippen molar-refractivity contribution in [3.05, 3.63) is 12.3 Å². The second-order valence-electron chi connectivity index (χ2n) is 7.24. The van der Waals surface area contributed by atoms with E-state index in [9.17, 15) is 14.4 Å². The van der Waals surface area contributed by atoms with Gasteiger partial charge in [0.1, 0.15) is 17.9 Å². The lowest BCUT2D eigenvalue weighted by atomic mass is 9.73. The van der Waals surface area contributed by atoms with E-state index in [2.05, 4.69) is 15.7 Å². The maximum absolute atomic E-state index is 12.9. The third kappa shape index (κ3) is 3.01. The van der Waals surface area contributed by atoms with E-state index in [1.165, 1.54) is 0 Å². The fourth-order valence-corrected chi connectivity index (χ4v) is 3.79. The first kappa shape index (κ1) is 17.4. The lowest BCUT2D eigenvalue weighted by molar-refractivity contribution is -0.136. The number of hydrogen-bond acceptors (Lipinski definition) is 4. The maximum Gasteiger partial charge on any atom is 0.325 e. The van der Waals surface area contributed by atoms with Crippen LogP contribution in [0, 0.1) is 5.92 Å². The van der Waals surface area contributed by atoms with Gasteiger partial charge in [-0.25, -0.2) is 9.48 Å². The summed E-state index contributed by atoms with van der Waals surface area (Å²) in [6.07, 6.45) is 5.11. The third-order valence-corrected chi connectivity index (χ3v) is 5.23. The van der Waals surface area contributed by atoms with E-state index in [0.717, 1.165) is 24.2 Å². The summed E-state index contributed by atoms with van der Waals surface area (Å²) in [5.41, 5.74) is -0.838. The Labute approximate surface area is 146 Å². The summed E-state index contributed by atoms with van der Waals surface area (Å²) in [5.74, 6) is -0.0652. The number of nitrogens with one attached hydrogen (secondary N) is 2. The molecule has 2 aliphatic rings. The molecule has 0 radical (unpaired) electrons. The summed E-state index contributed by atoms with van der Waals surface area (Å²) in [4.78, 5) is 38.6. The van der Waals surface area contributed by atoms with Crippen molar-refractivity contribution in [1.29, 1.82) is 0 Å². The van der Waals surface area contributed by atoms with Crippen LogP contribution in [0.15, 0.2) is 12.3 Å². The Bertz CT molecular complexity index is 698. The van der Waals surface area contributed by atoms with Gasteiger partial charge in [0.2, 0.25) is 5.91 Å². The van der Waals surface area contributed by atoms with Crippen LogP contribution in [-0.4, -0.2) is 44.6 Å². The van der Waals surface area contributed by atoms with Crippen LogP contribution in [0.3, 0.4) is 0 Å². The molecule has 1 aromatic rings. The molecule has 4 amide bonds. The van der Waals surface area contributed by atoms with E-state index in [-0.39, 0.29) is 24.4 Å². The van der Waals surface area contributed by atoms with E-state index in [1.54, 1.807) is 16.9 Å². The zero-order valence-electron chi connectivity index (χ0n) is 14.9. The van der Waals surface area contributed by atoms with Gasteiger partial charge in [-0.15, -0.1) is 0 Å². The molecule has 8 heteroatoms. The molecule has 0 bridgehead atoms. The highest BCUT2D eigenvalue weighted by molar-refractivity contribution is 6.10. The van der Waals surface area contributed by atoms with Gasteiger partial charge in [-0.2, -0.15) is 5.10 Å². The number of hydrogen-bond donors (Lipinski definition) is 2. The number of nitrogens with zero attached hydrogens (tertiary/aromatic N) is 3. The zero-order valence-corrected chi connectivity index (χ0v) is 14.9. The Hall–Kier alpha value is -2.38. The van der Waals surface area contributed by atoms with Gasteiger partial charge in [-0.1, -0.05) is 19.8 Å². The molecule has 2 heterocycles. The minimum absolute atomic E-state index is 0.0770. The minimum Gasteiger partial charge on any atom is -0.323 e. The van der Waals surface area contributed by atoms with Crippen LogP contribution in [0.5, 0.6) is 0 Å². The summed E-state index contributed by atoms with van der Waals surface area (Å²) >= 11 is 0. The molecule has 1 aliphatic carbocycles. The summed E-state index contributed by atoms with van der Waals surface area (Å²) in [7, 11) is 0. The Morgan fingerprint density at radius 1 is 1.44 bits per heavy atom. The molecular weight excluding hydrogens is 322 g/mol. The summed E-state index contributed by atoms with van der Waals surface area (Å²) < 4.78 is 1.68. The molecule has 8 nitrogen and oxygen atoms in total. The van der Waals surface area contributed by atoms with Crippen LogP contribution in [-0.2, 0) is 9.59 Å². The van der Waals surface area contributed by atoms with Crippen molar-refractivity contribution in [2.24, 2.45) is 5.92 Å². The Morgan fingerprint density at radius 2 is 2.20 bits per heavy atom. The van der Waals surface area contributed by atoms with Gasteiger partial charge in [0.25, 0.3) is 5.91 Å². The Balaban J connectivity index is 1.70. The maximum atomic E-state index is 12.9. The molecule has 1 aromatic heterocycles. The molecule has 1 saturated carbocycles. The first-order valence-corrected chi connectivity index (χ1v) is 8.82. The van der Waals surface area contributed by atoms with E-state index in [1.807, 2.05) is 20.8 Å². The third-order valence-electron chi connectivity index (χ3n) is 5.23. The molecule has 25 heavy (non-hydrogen) atoms. The van der Waals surface area contributed by atoms with Crippen molar-refractivity contribution in [2.75, 3.05) is 11.9 Å². The second-order valence-corrected chi connectivity index (χ2v) is 7.24. The lowest BCUT2D eigenvalue weighted by Gasteiger charge is -2.36. The number of anilines is 1. The van der Waals surface area contributed by atoms with Crippen LogP contribution < -0.4 is 10.6 Å². The van der Waals surface area contributed by atoms with Gasteiger partial charge in [0.15, 0.2) is 0 Å². The van der Waals surface area contributed by atoms with Gasteiger partial charge in [-0.05, 0) is 32.6 Å². The van der Waals surface area contributed by atoms with Gasteiger partial charge in [0.05, 0.1) is 6.20 Å². The van der Waals surface area contributed by atoms with Crippen molar-refractivity contribution < 1.29 is 14.4 Å². The smallest absolute Gasteiger partial charge is 0.323 e. The van der Waals surface area contributed by atoms with Crippen LogP contribution in [0.1, 0.15) is 52.5 Å². The zero-order chi connectivity index (χ0) is 18.2. The lowest BCUT2D eigenvalue weighted by Crippen LogP contribution is -2.54. The summed E-state index contributed by atoms with van der Waals surface area (Å²) in [6.45, 7) is 5.60. The summed E-state index contributed by atoms with van der Waals surface area (Å²) in [6, 6.07) is 1.30. The molecule has 0 unspecified atom stereocenters. The largest absolute Gasteiger partial charge is 0.325 e. The van der Waals surface area contributed by atoms with Crippen molar-refractivity contribution in [2.45, 2.75) is 58.0 Å². The van der Waals surface area contributed by atoms with Gasteiger partial charge < -0.3 is 10.6 Å². The number of aromatic nitrogens is 2.